The van der Waals surface area contributed by atoms with E-state index in [-0.39, 0.29) is 18.0 Å². The Morgan fingerprint density at radius 3 is 2.25 bits per heavy atom. The molecule has 0 aromatic heterocycles. The molecule has 64 valence electrons. The predicted molar refractivity (Wildman–Crippen MR) is 40.3 cm³/mol. The van der Waals surface area contributed by atoms with Crippen molar-refractivity contribution in [3.63, 3.8) is 0 Å². The van der Waals surface area contributed by atoms with E-state index in [1.54, 1.807) is 12.1 Å². The molecular weight excluding hydrogens is 156 g/mol. The van der Waals surface area contributed by atoms with E-state index in [9.17, 15) is 5.11 Å². The van der Waals surface area contributed by atoms with Crippen molar-refractivity contribution in [2.45, 2.75) is 19.1 Å². The van der Waals surface area contributed by atoms with Crippen LogP contribution in [0.15, 0.2) is 24.3 Å². The van der Waals surface area contributed by atoms with Gasteiger partial charge in [0.1, 0.15) is 12.2 Å². The maximum Gasteiger partial charge on any atom is 0.147 e. The summed E-state index contributed by atoms with van der Waals surface area (Å²) in [5.74, 6) is 0.0200. The lowest BCUT2D eigenvalue weighted by Gasteiger charge is -2.32. The maximum atomic E-state index is 10.8. The molecule has 1 saturated heterocycles. The lowest BCUT2D eigenvalue weighted by molar-refractivity contribution is -0.465. The van der Waals surface area contributed by atoms with Gasteiger partial charge in [-0.1, -0.05) is 24.3 Å². The number of benzene rings is 1. The Morgan fingerprint density at radius 1 is 1.17 bits per heavy atom. The molecule has 0 bridgehead atoms. The molecule has 0 aliphatic carbocycles. The molecule has 1 aliphatic heterocycles. The summed E-state index contributed by atoms with van der Waals surface area (Å²) >= 11 is 0. The second-order valence-electron chi connectivity index (χ2n) is 2.89. The molecule has 1 aromatic carbocycles. The summed E-state index contributed by atoms with van der Waals surface area (Å²) in [5.41, 5.74) is 0.994. The third kappa shape index (κ3) is 1.17. The van der Waals surface area contributed by atoms with Crippen LogP contribution in [-0.2, 0) is 9.78 Å². The zero-order valence-electron chi connectivity index (χ0n) is 6.69. The maximum absolute atomic E-state index is 10.8. The van der Waals surface area contributed by atoms with Crippen LogP contribution in [0.1, 0.15) is 18.6 Å². The van der Waals surface area contributed by atoms with Crippen LogP contribution in [0.25, 0.3) is 0 Å². The highest BCUT2D eigenvalue weighted by molar-refractivity contribution is 5.27. The summed E-state index contributed by atoms with van der Waals surface area (Å²) in [6, 6.07) is 6.60. The van der Waals surface area contributed by atoms with Gasteiger partial charge in [-0.2, -0.15) is 0 Å². The molecule has 1 aliphatic rings. The van der Waals surface area contributed by atoms with Gasteiger partial charge in [-0.3, -0.25) is 0 Å². The molecule has 2 rings (SSSR count). The van der Waals surface area contributed by atoms with E-state index in [4.69, 9.17) is 9.78 Å². The predicted octanol–water partition coefficient (Wildman–Crippen LogP) is 1.15. The fourth-order valence-corrected chi connectivity index (χ4v) is 1.21. The zero-order valence-corrected chi connectivity index (χ0v) is 6.69. The van der Waals surface area contributed by atoms with Crippen molar-refractivity contribution in [1.29, 1.82) is 0 Å². The van der Waals surface area contributed by atoms with Crippen LogP contribution in [0.3, 0.4) is 0 Å². The molecule has 0 N–H and O–H groups in total. The average Bonchev–Trinajstić information content (AvgIpc) is 2.06. The van der Waals surface area contributed by atoms with Crippen molar-refractivity contribution in [3.05, 3.63) is 29.8 Å². The lowest BCUT2D eigenvalue weighted by Crippen LogP contribution is -2.32. The standard InChI is InChI=1S/C9H10O3/c1-6-9(12-11-6)7-2-4-8(10)5-3-7/h2-6,9-10H,1H3/p-1. The Hall–Kier alpha value is -1.06. The van der Waals surface area contributed by atoms with Crippen LogP contribution in [-0.4, -0.2) is 6.10 Å². The molecule has 0 saturated carbocycles. The normalized spacial score (nSPS) is 28.1. The van der Waals surface area contributed by atoms with Gasteiger partial charge in [0.05, 0.1) is 0 Å². The van der Waals surface area contributed by atoms with Gasteiger partial charge in [0.15, 0.2) is 0 Å². The summed E-state index contributed by atoms with van der Waals surface area (Å²) in [6.07, 6.45) is 0.0769. The largest absolute Gasteiger partial charge is 0.872 e. The molecule has 1 heterocycles. The van der Waals surface area contributed by atoms with Gasteiger partial charge < -0.3 is 5.11 Å². The van der Waals surface area contributed by atoms with Crippen molar-refractivity contribution in [2.24, 2.45) is 0 Å². The lowest BCUT2D eigenvalue weighted by atomic mass is 10.0. The highest BCUT2D eigenvalue weighted by Gasteiger charge is 2.31. The van der Waals surface area contributed by atoms with Crippen molar-refractivity contribution in [3.8, 4) is 5.75 Å². The van der Waals surface area contributed by atoms with Crippen LogP contribution in [0.5, 0.6) is 5.75 Å². The molecule has 0 amide bonds. The first-order valence-electron chi connectivity index (χ1n) is 3.86. The molecule has 1 fully saturated rings. The fourth-order valence-electron chi connectivity index (χ4n) is 1.21. The zero-order chi connectivity index (χ0) is 8.55. The average molecular weight is 165 g/mol. The Labute approximate surface area is 70.5 Å². The molecule has 12 heavy (non-hydrogen) atoms. The van der Waals surface area contributed by atoms with Gasteiger partial charge in [0.25, 0.3) is 0 Å². The second kappa shape index (κ2) is 2.77. The fraction of sp³-hybridized carbons (Fsp3) is 0.333. The van der Waals surface area contributed by atoms with E-state index >= 15 is 0 Å². The summed E-state index contributed by atoms with van der Waals surface area (Å²) in [7, 11) is 0. The molecule has 2 unspecified atom stereocenters. The monoisotopic (exact) mass is 165 g/mol. The van der Waals surface area contributed by atoms with Gasteiger partial charge in [0, 0.05) is 0 Å². The molecule has 3 heteroatoms. The van der Waals surface area contributed by atoms with E-state index in [0.29, 0.717) is 0 Å². The van der Waals surface area contributed by atoms with Crippen molar-refractivity contribution in [1.82, 2.24) is 0 Å². The molecule has 3 nitrogen and oxygen atoms in total. The molecular formula is C9H9O3-. The first-order valence-corrected chi connectivity index (χ1v) is 3.86. The van der Waals surface area contributed by atoms with Gasteiger partial charge >= 0.3 is 0 Å². The Bertz CT molecular complexity index is 268. The Balaban J connectivity index is 2.18. The summed E-state index contributed by atoms with van der Waals surface area (Å²) < 4.78 is 0. The van der Waals surface area contributed by atoms with Gasteiger partial charge in [-0.15, -0.1) is 5.75 Å². The van der Waals surface area contributed by atoms with Crippen molar-refractivity contribution < 1.29 is 14.9 Å². The number of hydrogen-bond acceptors (Lipinski definition) is 3. The minimum atomic E-state index is -0.00870. The van der Waals surface area contributed by atoms with Gasteiger partial charge in [0.2, 0.25) is 0 Å². The van der Waals surface area contributed by atoms with Crippen molar-refractivity contribution >= 4 is 0 Å². The van der Waals surface area contributed by atoms with Gasteiger partial charge in [-0.05, 0) is 12.5 Å². The molecule has 0 radical (unpaired) electrons. The Morgan fingerprint density at radius 2 is 1.83 bits per heavy atom. The Kier molecular flexibility index (Phi) is 1.75. The van der Waals surface area contributed by atoms with Crippen molar-refractivity contribution in [2.75, 3.05) is 0 Å². The van der Waals surface area contributed by atoms with E-state index < -0.39 is 0 Å². The van der Waals surface area contributed by atoms with Crippen LogP contribution in [0, 0.1) is 0 Å². The summed E-state index contributed by atoms with van der Waals surface area (Å²) in [6.45, 7) is 1.93. The first kappa shape index (κ1) is 7.58. The van der Waals surface area contributed by atoms with E-state index in [1.807, 2.05) is 6.92 Å². The quantitative estimate of drug-likeness (QED) is 0.586. The first-order chi connectivity index (χ1) is 5.77. The number of hydrogen-bond donors (Lipinski definition) is 0. The van der Waals surface area contributed by atoms with E-state index in [2.05, 4.69) is 0 Å². The van der Waals surface area contributed by atoms with Crippen LogP contribution in [0.4, 0.5) is 0 Å². The van der Waals surface area contributed by atoms with Crippen LogP contribution < -0.4 is 5.11 Å². The molecule has 1 aromatic rings. The SMILES string of the molecule is CC1OOC1c1ccc([O-])cc1. The summed E-state index contributed by atoms with van der Waals surface area (Å²) in [5, 5.41) is 10.8. The minimum Gasteiger partial charge on any atom is -0.872 e. The highest BCUT2D eigenvalue weighted by Crippen LogP contribution is 2.32. The molecule has 0 spiro atoms. The third-order valence-electron chi connectivity index (χ3n) is 1.95. The smallest absolute Gasteiger partial charge is 0.147 e. The van der Waals surface area contributed by atoms with Gasteiger partial charge in [-0.25, -0.2) is 9.78 Å². The van der Waals surface area contributed by atoms with Crippen LogP contribution in [0.2, 0.25) is 0 Å². The summed E-state index contributed by atoms with van der Waals surface area (Å²) in [4.78, 5) is 9.62. The highest BCUT2D eigenvalue weighted by atomic mass is 17.2. The molecule has 2 atom stereocenters. The number of rotatable bonds is 1. The van der Waals surface area contributed by atoms with E-state index in [0.717, 1.165) is 5.56 Å². The third-order valence-corrected chi connectivity index (χ3v) is 1.95. The second-order valence-corrected chi connectivity index (χ2v) is 2.89. The van der Waals surface area contributed by atoms with E-state index in [1.165, 1.54) is 12.1 Å². The minimum absolute atomic E-state index is 0.00870. The van der Waals surface area contributed by atoms with Crippen LogP contribution >= 0.6 is 0 Å². The topological polar surface area (TPSA) is 41.5 Å².